The van der Waals surface area contributed by atoms with Gasteiger partial charge in [0.05, 0.1) is 5.92 Å². The SMILES string of the molecule is CC(C(=O)O)C(C)N1CCCc2ccccc2C1. The van der Waals surface area contributed by atoms with Gasteiger partial charge in [-0.1, -0.05) is 31.2 Å². The van der Waals surface area contributed by atoms with Gasteiger partial charge in [-0.25, -0.2) is 0 Å². The lowest BCUT2D eigenvalue weighted by atomic mass is 10.0. The largest absolute Gasteiger partial charge is 0.481 e. The normalized spacial score (nSPS) is 19.7. The summed E-state index contributed by atoms with van der Waals surface area (Å²) < 4.78 is 0. The van der Waals surface area contributed by atoms with E-state index in [-0.39, 0.29) is 12.0 Å². The molecule has 0 aromatic heterocycles. The lowest BCUT2D eigenvalue weighted by Gasteiger charge is -2.30. The maximum atomic E-state index is 11.1. The highest BCUT2D eigenvalue weighted by Gasteiger charge is 2.26. The Morgan fingerprint density at radius 3 is 2.61 bits per heavy atom. The van der Waals surface area contributed by atoms with Crippen LogP contribution in [0.4, 0.5) is 0 Å². The van der Waals surface area contributed by atoms with Gasteiger partial charge in [-0.05, 0) is 37.4 Å². The summed E-state index contributed by atoms with van der Waals surface area (Å²) in [6.45, 7) is 5.67. The second-order valence-electron chi connectivity index (χ2n) is 5.21. The molecule has 18 heavy (non-hydrogen) atoms. The second-order valence-corrected chi connectivity index (χ2v) is 5.21. The molecule has 3 heteroatoms. The van der Waals surface area contributed by atoms with E-state index in [0.717, 1.165) is 25.9 Å². The van der Waals surface area contributed by atoms with Gasteiger partial charge in [0, 0.05) is 12.6 Å². The van der Waals surface area contributed by atoms with Crippen LogP contribution in [0.1, 0.15) is 31.4 Å². The van der Waals surface area contributed by atoms with Gasteiger partial charge in [0.25, 0.3) is 0 Å². The fourth-order valence-corrected chi connectivity index (χ4v) is 2.60. The molecule has 1 aromatic rings. The molecule has 0 saturated carbocycles. The molecule has 0 amide bonds. The van der Waals surface area contributed by atoms with Gasteiger partial charge < -0.3 is 5.11 Å². The van der Waals surface area contributed by atoms with Crippen LogP contribution in [-0.2, 0) is 17.8 Å². The molecule has 1 aliphatic heterocycles. The number of nitrogens with zero attached hydrogens (tertiary/aromatic N) is 1. The van der Waals surface area contributed by atoms with Crippen molar-refractivity contribution in [1.82, 2.24) is 4.90 Å². The highest BCUT2D eigenvalue weighted by Crippen LogP contribution is 2.22. The molecule has 0 bridgehead atoms. The average molecular weight is 247 g/mol. The molecule has 0 radical (unpaired) electrons. The molecule has 2 unspecified atom stereocenters. The molecule has 0 saturated heterocycles. The smallest absolute Gasteiger partial charge is 0.307 e. The van der Waals surface area contributed by atoms with Gasteiger partial charge in [-0.3, -0.25) is 9.69 Å². The lowest BCUT2D eigenvalue weighted by Crippen LogP contribution is -2.40. The minimum Gasteiger partial charge on any atom is -0.481 e. The predicted molar refractivity (Wildman–Crippen MR) is 71.4 cm³/mol. The van der Waals surface area contributed by atoms with E-state index >= 15 is 0 Å². The topological polar surface area (TPSA) is 40.5 Å². The Labute approximate surface area is 108 Å². The van der Waals surface area contributed by atoms with Gasteiger partial charge in [-0.15, -0.1) is 0 Å². The van der Waals surface area contributed by atoms with Crippen molar-refractivity contribution >= 4 is 5.97 Å². The number of carbonyl (C=O) groups is 1. The summed E-state index contributed by atoms with van der Waals surface area (Å²) in [6.07, 6.45) is 2.20. The van der Waals surface area contributed by atoms with Crippen molar-refractivity contribution in [3.05, 3.63) is 35.4 Å². The van der Waals surface area contributed by atoms with Crippen molar-refractivity contribution in [1.29, 1.82) is 0 Å². The van der Waals surface area contributed by atoms with Crippen LogP contribution in [-0.4, -0.2) is 28.6 Å². The summed E-state index contributed by atoms with van der Waals surface area (Å²) in [6, 6.07) is 8.56. The van der Waals surface area contributed by atoms with E-state index in [1.807, 2.05) is 6.92 Å². The van der Waals surface area contributed by atoms with Crippen LogP contribution in [0.25, 0.3) is 0 Å². The minimum atomic E-state index is -0.708. The van der Waals surface area contributed by atoms with Gasteiger partial charge >= 0.3 is 5.97 Å². The van der Waals surface area contributed by atoms with Crippen LogP contribution in [0.3, 0.4) is 0 Å². The molecule has 0 spiro atoms. The van der Waals surface area contributed by atoms with Crippen LogP contribution in [0.2, 0.25) is 0 Å². The fraction of sp³-hybridized carbons (Fsp3) is 0.533. The summed E-state index contributed by atoms with van der Waals surface area (Å²) in [5.41, 5.74) is 2.76. The van der Waals surface area contributed by atoms with E-state index in [0.29, 0.717) is 0 Å². The molecule has 3 nitrogen and oxygen atoms in total. The molecule has 0 aliphatic carbocycles. The molecule has 1 aromatic carbocycles. The Morgan fingerprint density at radius 1 is 1.28 bits per heavy atom. The van der Waals surface area contributed by atoms with E-state index in [9.17, 15) is 4.79 Å². The van der Waals surface area contributed by atoms with E-state index in [2.05, 4.69) is 29.2 Å². The van der Waals surface area contributed by atoms with Crippen LogP contribution >= 0.6 is 0 Å². The monoisotopic (exact) mass is 247 g/mol. The number of fused-ring (bicyclic) bond motifs is 1. The van der Waals surface area contributed by atoms with Gasteiger partial charge in [0.15, 0.2) is 0 Å². The zero-order valence-corrected chi connectivity index (χ0v) is 11.1. The van der Waals surface area contributed by atoms with Crippen molar-refractivity contribution in [3.8, 4) is 0 Å². The number of rotatable bonds is 3. The Balaban J connectivity index is 2.14. The van der Waals surface area contributed by atoms with E-state index in [4.69, 9.17) is 5.11 Å². The molecule has 98 valence electrons. The summed E-state index contributed by atoms with van der Waals surface area (Å²) in [5, 5.41) is 9.12. The van der Waals surface area contributed by atoms with Crippen LogP contribution in [0.5, 0.6) is 0 Å². The standard InChI is InChI=1S/C15H21NO2/c1-11(15(17)18)12(2)16-9-5-8-13-6-3-4-7-14(13)10-16/h3-4,6-7,11-12H,5,8-10H2,1-2H3,(H,17,18). The van der Waals surface area contributed by atoms with Crippen LogP contribution < -0.4 is 0 Å². The predicted octanol–water partition coefficient (Wildman–Crippen LogP) is 2.54. The zero-order valence-electron chi connectivity index (χ0n) is 11.1. The Kier molecular flexibility index (Phi) is 4.02. The maximum Gasteiger partial charge on any atom is 0.307 e. The third kappa shape index (κ3) is 2.72. The Hall–Kier alpha value is -1.35. The Bertz CT molecular complexity index is 430. The van der Waals surface area contributed by atoms with Gasteiger partial charge in [-0.2, -0.15) is 0 Å². The van der Waals surface area contributed by atoms with Crippen molar-refractivity contribution in [2.24, 2.45) is 5.92 Å². The number of carboxylic acid groups (broad SMARTS) is 1. The molecule has 2 rings (SSSR count). The highest BCUT2D eigenvalue weighted by molar-refractivity contribution is 5.70. The molecule has 2 atom stereocenters. The zero-order chi connectivity index (χ0) is 13.1. The number of hydrogen-bond donors (Lipinski definition) is 1. The fourth-order valence-electron chi connectivity index (χ4n) is 2.60. The first-order valence-corrected chi connectivity index (χ1v) is 6.63. The van der Waals surface area contributed by atoms with Crippen LogP contribution in [0.15, 0.2) is 24.3 Å². The van der Waals surface area contributed by atoms with E-state index in [1.165, 1.54) is 11.1 Å². The molecule has 1 heterocycles. The van der Waals surface area contributed by atoms with Crippen molar-refractivity contribution in [2.75, 3.05) is 6.54 Å². The third-order valence-electron chi connectivity index (χ3n) is 4.07. The van der Waals surface area contributed by atoms with Crippen molar-refractivity contribution in [3.63, 3.8) is 0 Å². The second kappa shape index (κ2) is 5.53. The Morgan fingerprint density at radius 2 is 1.94 bits per heavy atom. The van der Waals surface area contributed by atoms with Crippen molar-refractivity contribution in [2.45, 2.75) is 39.3 Å². The third-order valence-corrected chi connectivity index (χ3v) is 4.07. The summed E-state index contributed by atoms with van der Waals surface area (Å²) in [4.78, 5) is 13.4. The highest BCUT2D eigenvalue weighted by atomic mass is 16.4. The molecule has 0 fully saturated rings. The summed E-state index contributed by atoms with van der Waals surface area (Å²) in [7, 11) is 0. The maximum absolute atomic E-state index is 11.1. The van der Waals surface area contributed by atoms with Crippen LogP contribution in [0, 0.1) is 5.92 Å². The first kappa shape index (κ1) is 13.1. The van der Waals surface area contributed by atoms with E-state index < -0.39 is 5.97 Å². The van der Waals surface area contributed by atoms with Crippen molar-refractivity contribution < 1.29 is 9.90 Å². The molecule has 1 N–H and O–H groups in total. The molecular formula is C15H21NO2. The van der Waals surface area contributed by atoms with Gasteiger partial charge in [0.1, 0.15) is 0 Å². The number of hydrogen-bond acceptors (Lipinski definition) is 2. The van der Waals surface area contributed by atoms with E-state index in [1.54, 1.807) is 6.92 Å². The number of benzene rings is 1. The number of carboxylic acids is 1. The number of aliphatic carboxylic acids is 1. The quantitative estimate of drug-likeness (QED) is 0.892. The molecule has 1 aliphatic rings. The summed E-state index contributed by atoms with van der Waals surface area (Å²) >= 11 is 0. The summed E-state index contributed by atoms with van der Waals surface area (Å²) in [5.74, 6) is -1.03. The molecular weight excluding hydrogens is 226 g/mol. The number of aryl methyl sites for hydroxylation is 1. The minimum absolute atomic E-state index is 0.0775. The lowest BCUT2D eigenvalue weighted by molar-refractivity contribution is -0.143. The average Bonchev–Trinajstić information content (AvgIpc) is 2.58. The first-order valence-electron chi connectivity index (χ1n) is 6.63. The van der Waals surface area contributed by atoms with Gasteiger partial charge in [0.2, 0.25) is 0 Å². The first-order chi connectivity index (χ1) is 8.59.